The molecule has 138 valence electrons. The third kappa shape index (κ3) is 2.50. The summed E-state index contributed by atoms with van der Waals surface area (Å²) < 4.78 is 0. The van der Waals surface area contributed by atoms with E-state index in [0.29, 0.717) is 6.42 Å². The zero-order valence-corrected chi connectivity index (χ0v) is 14.9. The number of carbonyl (C=O) groups is 2. The molecule has 0 bridgehead atoms. The number of carboxylic acid groups (broad SMARTS) is 1. The average Bonchev–Trinajstić information content (AvgIpc) is 2.79. The Bertz CT molecular complexity index is 1010. The molecule has 1 atom stereocenters. The third-order valence-electron chi connectivity index (χ3n) is 5.61. The largest absolute Gasteiger partial charge is 0.478 e. The number of aromatic carboxylic acids is 1. The highest BCUT2D eigenvalue weighted by Crippen LogP contribution is 2.48. The van der Waals surface area contributed by atoms with Crippen LogP contribution in [0.25, 0.3) is 0 Å². The molecule has 2 heterocycles. The van der Waals surface area contributed by atoms with E-state index in [4.69, 9.17) is 0 Å². The van der Waals surface area contributed by atoms with Crippen LogP contribution in [0.5, 0.6) is 0 Å². The number of benzene rings is 2. The number of carboxylic acids is 1. The van der Waals surface area contributed by atoms with Gasteiger partial charge in [0.2, 0.25) is 0 Å². The predicted molar refractivity (Wildman–Crippen MR) is 96.8 cm³/mol. The monoisotopic (exact) mass is 366 g/mol. The molecule has 2 aromatic carbocycles. The molecule has 1 N–H and O–H groups in total. The Morgan fingerprint density at radius 2 is 2.04 bits per heavy atom. The maximum absolute atomic E-state index is 13.1. The smallest absolute Gasteiger partial charge is 0.336 e. The van der Waals surface area contributed by atoms with E-state index in [1.54, 1.807) is 23.1 Å². The zero-order valence-electron chi connectivity index (χ0n) is 14.9. The van der Waals surface area contributed by atoms with Crippen molar-refractivity contribution in [1.29, 1.82) is 0 Å². The van der Waals surface area contributed by atoms with Gasteiger partial charge in [-0.1, -0.05) is 32.0 Å². The molecule has 0 radical (unpaired) electrons. The lowest BCUT2D eigenvalue weighted by Crippen LogP contribution is -2.28. The van der Waals surface area contributed by atoms with Crippen LogP contribution in [0.2, 0.25) is 0 Å². The summed E-state index contributed by atoms with van der Waals surface area (Å²) in [5.41, 5.74) is 2.32. The van der Waals surface area contributed by atoms with Gasteiger partial charge in [-0.05, 0) is 34.6 Å². The Labute approximate surface area is 155 Å². The molecule has 2 aliphatic heterocycles. The van der Waals surface area contributed by atoms with Crippen molar-refractivity contribution in [2.24, 2.45) is 0 Å². The molecule has 2 aromatic rings. The van der Waals surface area contributed by atoms with E-state index in [-0.39, 0.29) is 40.7 Å². The van der Waals surface area contributed by atoms with Crippen molar-refractivity contribution in [3.05, 3.63) is 74.3 Å². The van der Waals surface area contributed by atoms with Gasteiger partial charge in [0.15, 0.2) is 0 Å². The summed E-state index contributed by atoms with van der Waals surface area (Å²) in [7, 11) is 0. The normalized spacial score (nSPS) is 19.7. The molecule has 2 aliphatic rings. The maximum atomic E-state index is 13.1. The lowest BCUT2D eigenvalue weighted by molar-refractivity contribution is -0.384. The van der Waals surface area contributed by atoms with Crippen LogP contribution >= 0.6 is 0 Å². The van der Waals surface area contributed by atoms with E-state index < -0.39 is 10.9 Å². The van der Waals surface area contributed by atoms with Crippen LogP contribution < -0.4 is 0 Å². The van der Waals surface area contributed by atoms with E-state index in [1.165, 1.54) is 18.2 Å². The van der Waals surface area contributed by atoms with Gasteiger partial charge in [-0.25, -0.2) is 4.79 Å². The molecule has 7 heteroatoms. The minimum Gasteiger partial charge on any atom is -0.478 e. The summed E-state index contributed by atoms with van der Waals surface area (Å²) in [6, 6.07) is 9.44. The topological polar surface area (TPSA) is 101 Å². The molecule has 7 nitrogen and oxygen atoms in total. The maximum Gasteiger partial charge on any atom is 0.336 e. The molecule has 0 aliphatic carbocycles. The Balaban J connectivity index is 1.88. The van der Waals surface area contributed by atoms with Gasteiger partial charge < -0.3 is 10.0 Å². The number of hydrogen-bond donors (Lipinski definition) is 1. The Morgan fingerprint density at radius 3 is 2.70 bits per heavy atom. The first-order valence-electron chi connectivity index (χ1n) is 8.65. The van der Waals surface area contributed by atoms with Crippen molar-refractivity contribution < 1.29 is 19.6 Å². The van der Waals surface area contributed by atoms with Gasteiger partial charge in [0.1, 0.15) is 0 Å². The minimum atomic E-state index is -1.13. The SMILES string of the molecule is CC1(C)C[C@@H]2c3cccc(C(=O)O)c3C(=O)N2Cc2cc([N+](=O)[O-])ccc21. The first-order chi connectivity index (χ1) is 12.7. The van der Waals surface area contributed by atoms with Crippen LogP contribution in [0, 0.1) is 10.1 Å². The van der Waals surface area contributed by atoms with Gasteiger partial charge in [0, 0.05) is 18.7 Å². The average molecular weight is 366 g/mol. The summed E-state index contributed by atoms with van der Waals surface area (Å²) in [5.74, 6) is -1.46. The Hall–Kier alpha value is -3.22. The fourth-order valence-electron chi connectivity index (χ4n) is 4.38. The first kappa shape index (κ1) is 17.2. The molecule has 0 unspecified atom stereocenters. The molecule has 1 amide bonds. The summed E-state index contributed by atoms with van der Waals surface area (Å²) in [4.78, 5) is 37.0. The van der Waals surface area contributed by atoms with E-state index in [1.807, 2.05) is 13.8 Å². The van der Waals surface area contributed by atoms with E-state index in [9.17, 15) is 24.8 Å². The van der Waals surface area contributed by atoms with E-state index >= 15 is 0 Å². The molecule has 0 saturated carbocycles. The highest BCUT2D eigenvalue weighted by atomic mass is 16.6. The van der Waals surface area contributed by atoms with Gasteiger partial charge in [0.05, 0.1) is 22.1 Å². The highest BCUT2D eigenvalue weighted by molar-refractivity contribution is 6.08. The number of hydrogen-bond acceptors (Lipinski definition) is 4. The lowest BCUT2D eigenvalue weighted by Gasteiger charge is -2.29. The molecule has 27 heavy (non-hydrogen) atoms. The molecule has 0 saturated heterocycles. The molecule has 0 spiro atoms. The van der Waals surface area contributed by atoms with Crippen LogP contribution in [0.1, 0.15) is 63.7 Å². The summed E-state index contributed by atoms with van der Waals surface area (Å²) in [6.07, 6.45) is 0.611. The molecule has 0 fully saturated rings. The summed E-state index contributed by atoms with van der Waals surface area (Å²) in [5, 5.41) is 20.7. The van der Waals surface area contributed by atoms with Crippen molar-refractivity contribution >= 4 is 17.6 Å². The van der Waals surface area contributed by atoms with Gasteiger partial charge in [-0.2, -0.15) is 0 Å². The number of amides is 1. The van der Waals surface area contributed by atoms with Crippen molar-refractivity contribution in [3.8, 4) is 0 Å². The Kier molecular flexibility index (Phi) is 3.59. The zero-order chi connectivity index (χ0) is 19.5. The summed E-state index contributed by atoms with van der Waals surface area (Å²) >= 11 is 0. The highest BCUT2D eigenvalue weighted by Gasteiger charge is 2.45. The number of nitro benzene ring substituents is 1. The molecular weight excluding hydrogens is 348 g/mol. The predicted octanol–water partition coefficient (Wildman–Crippen LogP) is 3.67. The lowest BCUT2D eigenvalue weighted by atomic mass is 9.77. The van der Waals surface area contributed by atoms with Crippen molar-refractivity contribution in [3.63, 3.8) is 0 Å². The fraction of sp³-hybridized carbons (Fsp3) is 0.300. The van der Waals surface area contributed by atoms with Gasteiger partial charge in [0.25, 0.3) is 11.6 Å². The second-order valence-electron chi connectivity index (χ2n) is 7.71. The van der Waals surface area contributed by atoms with Crippen molar-refractivity contribution in [2.45, 2.75) is 38.3 Å². The fourth-order valence-corrected chi connectivity index (χ4v) is 4.38. The number of carbonyl (C=O) groups excluding carboxylic acids is 1. The first-order valence-corrected chi connectivity index (χ1v) is 8.65. The van der Waals surface area contributed by atoms with Crippen LogP contribution in [0.15, 0.2) is 36.4 Å². The number of non-ortho nitro benzene ring substituents is 1. The molecule has 0 aromatic heterocycles. The van der Waals surface area contributed by atoms with Gasteiger partial charge in [-0.15, -0.1) is 0 Å². The number of nitro groups is 1. The van der Waals surface area contributed by atoms with Crippen LogP contribution in [-0.4, -0.2) is 26.8 Å². The van der Waals surface area contributed by atoms with Gasteiger partial charge >= 0.3 is 5.97 Å². The van der Waals surface area contributed by atoms with Crippen molar-refractivity contribution in [2.75, 3.05) is 0 Å². The quantitative estimate of drug-likeness (QED) is 0.645. The molecular formula is C20H18N2O5. The minimum absolute atomic E-state index is 0.00245. The van der Waals surface area contributed by atoms with Crippen LogP contribution in [-0.2, 0) is 12.0 Å². The summed E-state index contributed by atoms with van der Waals surface area (Å²) in [6.45, 7) is 4.31. The van der Waals surface area contributed by atoms with Crippen molar-refractivity contribution in [1.82, 2.24) is 4.90 Å². The number of nitrogens with zero attached hydrogens (tertiary/aromatic N) is 2. The Morgan fingerprint density at radius 1 is 1.30 bits per heavy atom. The van der Waals surface area contributed by atoms with E-state index in [2.05, 4.69) is 0 Å². The second kappa shape index (κ2) is 5.64. The third-order valence-corrected chi connectivity index (χ3v) is 5.61. The van der Waals surface area contributed by atoms with Crippen LogP contribution in [0.3, 0.4) is 0 Å². The molecule has 4 rings (SSSR count). The number of rotatable bonds is 2. The van der Waals surface area contributed by atoms with Gasteiger partial charge in [-0.3, -0.25) is 14.9 Å². The second-order valence-corrected chi connectivity index (χ2v) is 7.71. The van der Waals surface area contributed by atoms with E-state index in [0.717, 1.165) is 16.7 Å². The number of fused-ring (bicyclic) bond motifs is 4. The van der Waals surface area contributed by atoms with Crippen LogP contribution in [0.4, 0.5) is 5.69 Å². The standard InChI is InChI=1S/C20H18N2O5/c1-20(2)9-16-13-4-3-5-14(19(24)25)17(13)18(23)21(16)10-11-8-12(22(26)27)6-7-15(11)20/h3-8,16H,9-10H2,1-2H3,(H,24,25)/t16-/m1/s1.